The number of morpholine rings is 1. The minimum atomic E-state index is -0.246. The first kappa shape index (κ1) is 14.2. The van der Waals surface area contributed by atoms with Gasteiger partial charge >= 0.3 is 0 Å². The summed E-state index contributed by atoms with van der Waals surface area (Å²) in [5.41, 5.74) is 8.25. The van der Waals surface area contributed by atoms with Crippen LogP contribution >= 0.6 is 0 Å². The number of nitrogens with two attached hydrogens (primary N) is 1. The van der Waals surface area contributed by atoms with E-state index in [1.807, 2.05) is 31.2 Å². The number of nitrogens with zero attached hydrogens (tertiary/aromatic N) is 3. The lowest BCUT2D eigenvalue weighted by Crippen LogP contribution is -2.40. The van der Waals surface area contributed by atoms with Crippen molar-refractivity contribution in [3.05, 3.63) is 35.7 Å². The molecule has 0 aliphatic carbocycles. The van der Waals surface area contributed by atoms with Gasteiger partial charge in [0.25, 0.3) is 5.89 Å². The SMILES string of the molecule is Cc1ccccc1-c1nc(C(N)CN2CCOCC2)no1. The van der Waals surface area contributed by atoms with Gasteiger partial charge in [0.2, 0.25) is 0 Å². The van der Waals surface area contributed by atoms with Gasteiger partial charge in [0.1, 0.15) is 0 Å². The highest BCUT2D eigenvalue weighted by Crippen LogP contribution is 2.22. The molecule has 2 aromatic rings. The summed E-state index contributed by atoms with van der Waals surface area (Å²) in [5.74, 6) is 1.08. The lowest BCUT2D eigenvalue weighted by Gasteiger charge is -2.27. The molecule has 0 bridgehead atoms. The van der Waals surface area contributed by atoms with E-state index < -0.39 is 0 Å². The van der Waals surface area contributed by atoms with E-state index in [0.717, 1.165) is 44.0 Å². The van der Waals surface area contributed by atoms with Crippen LogP contribution in [0.1, 0.15) is 17.4 Å². The lowest BCUT2D eigenvalue weighted by molar-refractivity contribution is 0.0348. The van der Waals surface area contributed by atoms with Gasteiger partial charge in [0, 0.05) is 25.2 Å². The Morgan fingerprint density at radius 1 is 1.29 bits per heavy atom. The number of benzene rings is 1. The maximum absolute atomic E-state index is 6.19. The summed E-state index contributed by atoms with van der Waals surface area (Å²) in [6, 6.07) is 7.69. The van der Waals surface area contributed by atoms with Crippen LogP contribution in [0, 0.1) is 6.92 Å². The molecule has 6 heteroatoms. The van der Waals surface area contributed by atoms with Gasteiger partial charge in [0.15, 0.2) is 5.82 Å². The number of ether oxygens (including phenoxy) is 1. The minimum absolute atomic E-state index is 0.246. The number of hydrogen-bond acceptors (Lipinski definition) is 6. The smallest absolute Gasteiger partial charge is 0.258 e. The number of rotatable bonds is 4. The molecule has 0 radical (unpaired) electrons. The van der Waals surface area contributed by atoms with E-state index in [1.54, 1.807) is 0 Å². The first-order chi connectivity index (χ1) is 10.2. The highest BCUT2D eigenvalue weighted by Gasteiger charge is 2.20. The van der Waals surface area contributed by atoms with Crippen molar-refractivity contribution < 1.29 is 9.26 Å². The molecule has 0 saturated carbocycles. The van der Waals surface area contributed by atoms with Crippen LogP contribution in [0.5, 0.6) is 0 Å². The summed E-state index contributed by atoms with van der Waals surface area (Å²) in [6.07, 6.45) is 0. The number of aryl methyl sites for hydroxylation is 1. The molecule has 1 saturated heterocycles. The summed E-state index contributed by atoms with van der Waals surface area (Å²) in [7, 11) is 0. The average Bonchev–Trinajstić information content (AvgIpc) is 2.98. The quantitative estimate of drug-likeness (QED) is 0.915. The molecule has 1 unspecified atom stereocenters. The molecular formula is C15H20N4O2. The average molecular weight is 288 g/mol. The van der Waals surface area contributed by atoms with Crippen LogP contribution in [0.25, 0.3) is 11.5 Å². The minimum Gasteiger partial charge on any atom is -0.379 e. The fourth-order valence-corrected chi connectivity index (χ4v) is 2.45. The Kier molecular flexibility index (Phi) is 4.28. The second-order valence-corrected chi connectivity index (χ2v) is 5.29. The molecule has 1 aliphatic rings. The highest BCUT2D eigenvalue weighted by atomic mass is 16.5. The molecule has 1 aromatic heterocycles. The lowest BCUT2D eigenvalue weighted by atomic mass is 10.1. The third kappa shape index (κ3) is 3.29. The fourth-order valence-electron chi connectivity index (χ4n) is 2.45. The molecule has 1 fully saturated rings. The molecule has 112 valence electrons. The van der Waals surface area contributed by atoms with Crippen molar-refractivity contribution in [1.29, 1.82) is 0 Å². The van der Waals surface area contributed by atoms with Gasteiger partial charge in [0.05, 0.1) is 19.3 Å². The van der Waals surface area contributed by atoms with Crippen molar-refractivity contribution in [2.24, 2.45) is 5.73 Å². The van der Waals surface area contributed by atoms with Crippen molar-refractivity contribution in [3.8, 4) is 11.5 Å². The predicted octanol–water partition coefficient (Wildman–Crippen LogP) is 1.38. The maximum atomic E-state index is 6.19. The van der Waals surface area contributed by atoms with Gasteiger partial charge in [-0.2, -0.15) is 4.98 Å². The van der Waals surface area contributed by atoms with E-state index in [0.29, 0.717) is 11.7 Å². The summed E-state index contributed by atoms with van der Waals surface area (Å²) in [6.45, 7) is 6.05. The summed E-state index contributed by atoms with van der Waals surface area (Å²) >= 11 is 0. The Balaban J connectivity index is 1.71. The second kappa shape index (κ2) is 6.34. The molecule has 2 N–H and O–H groups in total. The zero-order valence-corrected chi connectivity index (χ0v) is 12.2. The van der Waals surface area contributed by atoms with Gasteiger partial charge in [-0.25, -0.2) is 0 Å². The predicted molar refractivity (Wildman–Crippen MR) is 78.7 cm³/mol. The van der Waals surface area contributed by atoms with Crippen molar-refractivity contribution in [2.75, 3.05) is 32.8 Å². The second-order valence-electron chi connectivity index (χ2n) is 5.29. The third-order valence-electron chi connectivity index (χ3n) is 3.71. The van der Waals surface area contributed by atoms with Crippen LogP contribution in [-0.4, -0.2) is 47.9 Å². The molecule has 0 amide bonds. The van der Waals surface area contributed by atoms with Crippen LogP contribution in [0.4, 0.5) is 0 Å². The van der Waals surface area contributed by atoms with Gasteiger partial charge in [-0.3, -0.25) is 4.90 Å². The van der Waals surface area contributed by atoms with E-state index in [1.165, 1.54) is 0 Å². The summed E-state index contributed by atoms with van der Waals surface area (Å²) in [5, 5.41) is 4.03. The summed E-state index contributed by atoms with van der Waals surface area (Å²) < 4.78 is 10.7. The van der Waals surface area contributed by atoms with E-state index in [-0.39, 0.29) is 6.04 Å². The Morgan fingerprint density at radius 2 is 2.05 bits per heavy atom. The topological polar surface area (TPSA) is 77.4 Å². The molecule has 1 atom stereocenters. The van der Waals surface area contributed by atoms with Gasteiger partial charge in [-0.15, -0.1) is 0 Å². The van der Waals surface area contributed by atoms with E-state index in [4.69, 9.17) is 15.0 Å². The van der Waals surface area contributed by atoms with Crippen LogP contribution in [0.3, 0.4) is 0 Å². The molecule has 2 heterocycles. The van der Waals surface area contributed by atoms with Crippen LogP contribution in [-0.2, 0) is 4.74 Å². The van der Waals surface area contributed by atoms with Crippen LogP contribution in [0.15, 0.2) is 28.8 Å². The normalized spacial score (nSPS) is 17.8. The Morgan fingerprint density at radius 3 is 2.81 bits per heavy atom. The third-order valence-corrected chi connectivity index (χ3v) is 3.71. The first-order valence-electron chi connectivity index (χ1n) is 7.19. The van der Waals surface area contributed by atoms with Gasteiger partial charge in [-0.1, -0.05) is 23.4 Å². The zero-order chi connectivity index (χ0) is 14.7. The first-order valence-corrected chi connectivity index (χ1v) is 7.19. The number of hydrogen-bond donors (Lipinski definition) is 1. The fraction of sp³-hybridized carbons (Fsp3) is 0.467. The number of aromatic nitrogens is 2. The van der Waals surface area contributed by atoms with E-state index >= 15 is 0 Å². The molecular weight excluding hydrogens is 268 g/mol. The molecule has 6 nitrogen and oxygen atoms in total. The molecule has 1 aliphatic heterocycles. The monoisotopic (exact) mass is 288 g/mol. The Hall–Kier alpha value is -1.76. The van der Waals surface area contributed by atoms with E-state index in [2.05, 4.69) is 15.0 Å². The maximum Gasteiger partial charge on any atom is 0.258 e. The Labute approximate surface area is 123 Å². The van der Waals surface area contributed by atoms with Gasteiger partial charge in [-0.05, 0) is 18.6 Å². The standard InChI is InChI=1S/C15H20N4O2/c1-11-4-2-3-5-12(11)15-17-14(18-21-15)13(16)10-19-6-8-20-9-7-19/h2-5,13H,6-10,16H2,1H3. The van der Waals surface area contributed by atoms with Crippen molar-refractivity contribution in [3.63, 3.8) is 0 Å². The van der Waals surface area contributed by atoms with Crippen LogP contribution in [0.2, 0.25) is 0 Å². The molecule has 3 rings (SSSR count). The van der Waals surface area contributed by atoms with Crippen LogP contribution < -0.4 is 5.73 Å². The van der Waals surface area contributed by atoms with Crippen molar-refractivity contribution in [1.82, 2.24) is 15.0 Å². The Bertz CT molecular complexity index is 593. The molecule has 1 aromatic carbocycles. The van der Waals surface area contributed by atoms with Crippen molar-refractivity contribution in [2.45, 2.75) is 13.0 Å². The van der Waals surface area contributed by atoms with Gasteiger partial charge < -0.3 is 15.0 Å². The summed E-state index contributed by atoms with van der Waals surface area (Å²) in [4.78, 5) is 6.71. The molecule has 0 spiro atoms. The largest absolute Gasteiger partial charge is 0.379 e. The van der Waals surface area contributed by atoms with Crippen molar-refractivity contribution >= 4 is 0 Å². The zero-order valence-electron chi connectivity index (χ0n) is 12.2. The molecule has 21 heavy (non-hydrogen) atoms. The van der Waals surface area contributed by atoms with E-state index in [9.17, 15) is 0 Å². The highest BCUT2D eigenvalue weighted by molar-refractivity contribution is 5.57.